The predicted molar refractivity (Wildman–Crippen MR) is 81.6 cm³/mol. The van der Waals surface area contributed by atoms with Crippen LogP contribution in [0.1, 0.15) is 31.1 Å². The number of thioether (sulfide) groups is 1. The van der Waals surface area contributed by atoms with E-state index in [1.165, 1.54) is 0 Å². The first-order valence-electron chi connectivity index (χ1n) is 6.64. The number of nitrogens with zero attached hydrogens (tertiary/aromatic N) is 1. The molecule has 0 saturated carbocycles. The Balaban J connectivity index is 2.11. The van der Waals surface area contributed by atoms with Crippen LogP contribution in [0, 0.1) is 0 Å². The van der Waals surface area contributed by atoms with Gasteiger partial charge in [-0.25, -0.2) is 0 Å². The summed E-state index contributed by atoms with van der Waals surface area (Å²) >= 11 is 1.61. The largest absolute Gasteiger partial charge is 0.350 e. The quantitative estimate of drug-likeness (QED) is 0.908. The van der Waals surface area contributed by atoms with E-state index in [9.17, 15) is 9.59 Å². The molecular formula is C15H20N2O2S. The minimum Gasteiger partial charge on any atom is -0.350 e. The van der Waals surface area contributed by atoms with Crippen molar-refractivity contribution >= 4 is 23.6 Å². The lowest BCUT2D eigenvalue weighted by Crippen LogP contribution is -2.52. The van der Waals surface area contributed by atoms with Crippen LogP contribution in [0.5, 0.6) is 0 Å². The Kier molecular flexibility index (Phi) is 4.38. The van der Waals surface area contributed by atoms with Gasteiger partial charge in [-0.15, -0.1) is 11.8 Å². The molecule has 0 radical (unpaired) electrons. The van der Waals surface area contributed by atoms with Crippen molar-refractivity contribution in [2.24, 2.45) is 0 Å². The maximum Gasteiger partial charge on any atom is 0.255 e. The van der Waals surface area contributed by atoms with E-state index in [4.69, 9.17) is 0 Å². The molecule has 1 unspecified atom stereocenters. The number of amides is 2. The van der Waals surface area contributed by atoms with E-state index < -0.39 is 0 Å². The molecule has 1 N–H and O–H groups in total. The van der Waals surface area contributed by atoms with Gasteiger partial charge < -0.3 is 10.2 Å². The molecule has 2 rings (SSSR count). The molecule has 0 aromatic heterocycles. The Morgan fingerprint density at radius 3 is 2.50 bits per heavy atom. The Morgan fingerprint density at radius 1 is 1.25 bits per heavy atom. The molecular weight excluding hydrogens is 272 g/mol. The van der Waals surface area contributed by atoms with E-state index in [1.54, 1.807) is 28.8 Å². The number of benzene rings is 1. The van der Waals surface area contributed by atoms with Gasteiger partial charge in [0.05, 0.1) is 5.88 Å². The molecule has 1 fully saturated rings. The van der Waals surface area contributed by atoms with Crippen molar-refractivity contribution in [3.05, 3.63) is 35.9 Å². The molecule has 2 amide bonds. The van der Waals surface area contributed by atoms with Crippen molar-refractivity contribution in [1.29, 1.82) is 0 Å². The highest BCUT2D eigenvalue weighted by Gasteiger charge is 2.36. The second kappa shape index (κ2) is 5.87. The SMILES string of the molecule is CC(C)(C)NC(=O)C1CSCN1C(=O)c1ccccc1. The average molecular weight is 292 g/mol. The number of carbonyl (C=O) groups excluding carboxylic acids is 2. The van der Waals surface area contributed by atoms with Gasteiger partial charge in [-0.05, 0) is 32.9 Å². The fourth-order valence-corrected chi connectivity index (χ4v) is 3.21. The topological polar surface area (TPSA) is 49.4 Å². The molecule has 108 valence electrons. The molecule has 20 heavy (non-hydrogen) atoms. The first-order chi connectivity index (χ1) is 9.38. The highest BCUT2D eigenvalue weighted by Crippen LogP contribution is 2.23. The van der Waals surface area contributed by atoms with Gasteiger partial charge in [0.2, 0.25) is 5.91 Å². The van der Waals surface area contributed by atoms with Gasteiger partial charge in [-0.1, -0.05) is 18.2 Å². The minimum atomic E-state index is -0.382. The maximum absolute atomic E-state index is 12.5. The normalized spacial score (nSPS) is 18.9. The first kappa shape index (κ1) is 14.9. The fourth-order valence-electron chi connectivity index (χ4n) is 2.06. The molecule has 1 aliphatic rings. The Labute approximate surface area is 123 Å². The van der Waals surface area contributed by atoms with Crippen molar-refractivity contribution in [3.8, 4) is 0 Å². The van der Waals surface area contributed by atoms with Crippen molar-refractivity contribution in [1.82, 2.24) is 10.2 Å². The highest BCUT2D eigenvalue weighted by molar-refractivity contribution is 7.99. The molecule has 4 nitrogen and oxygen atoms in total. The summed E-state index contributed by atoms with van der Waals surface area (Å²) in [4.78, 5) is 26.4. The first-order valence-corrected chi connectivity index (χ1v) is 7.80. The van der Waals surface area contributed by atoms with Gasteiger partial charge >= 0.3 is 0 Å². The summed E-state index contributed by atoms with van der Waals surface area (Å²) in [6.45, 7) is 5.82. The Morgan fingerprint density at radius 2 is 1.90 bits per heavy atom. The van der Waals surface area contributed by atoms with Crippen molar-refractivity contribution in [2.75, 3.05) is 11.6 Å². The summed E-state index contributed by atoms with van der Waals surface area (Å²) in [5.41, 5.74) is 0.342. The van der Waals surface area contributed by atoms with Crippen LogP contribution in [0.15, 0.2) is 30.3 Å². The molecule has 1 aliphatic heterocycles. The van der Waals surface area contributed by atoms with Crippen LogP contribution < -0.4 is 5.32 Å². The summed E-state index contributed by atoms with van der Waals surface area (Å²) in [5, 5.41) is 2.95. The lowest BCUT2D eigenvalue weighted by Gasteiger charge is -2.27. The molecule has 1 heterocycles. The lowest BCUT2D eigenvalue weighted by molar-refractivity contribution is -0.125. The molecule has 0 aliphatic carbocycles. The lowest BCUT2D eigenvalue weighted by atomic mass is 10.1. The summed E-state index contributed by atoms with van der Waals surface area (Å²) in [7, 11) is 0. The number of carbonyl (C=O) groups is 2. The van der Waals surface area contributed by atoms with E-state index >= 15 is 0 Å². The van der Waals surface area contributed by atoms with Crippen LogP contribution in [0.4, 0.5) is 0 Å². The Bertz CT molecular complexity index is 496. The van der Waals surface area contributed by atoms with Crippen molar-refractivity contribution in [2.45, 2.75) is 32.4 Å². The number of hydrogen-bond acceptors (Lipinski definition) is 3. The summed E-state index contributed by atoms with van der Waals surface area (Å²) in [6.07, 6.45) is 0. The smallest absolute Gasteiger partial charge is 0.255 e. The van der Waals surface area contributed by atoms with Gasteiger partial charge in [0.25, 0.3) is 5.91 Å². The third-order valence-corrected chi connectivity index (χ3v) is 3.98. The van der Waals surface area contributed by atoms with Crippen LogP contribution in [-0.2, 0) is 4.79 Å². The minimum absolute atomic E-state index is 0.0771. The molecule has 1 atom stereocenters. The van der Waals surface area contributed by atoms with Gasteiger partial charge in [0, 0.05) is 16.9 Å². The van der Waals surface area contributed by atoms with Crippen LogP contribution >= 0.6 is 11.8 Å². The van der Waals surface area contributed by atoms with Gasteiger partial charge in [-0.2, -0.15) is 0 Å². The fraction of sp³-hybridized carbons (Fsp3) is 0.467. The average Bonchev–Trinajstić information content (AvgIpc) is 2.86. The van der Waals surface area contributed by atoms with Crippen LogP contribution in [0.2, 0.25) is 0 Å². The van der Waals surface area contributed by atoms with E-state index in [-0.39, 0.29) is 23.4 Å². The van der Waals surface area contributed by atoms with Gasteiger partial charge in [0.15, 0.2) is 0 Å². The predicted octanol–water partition coefficient (Wildman–Crippen LogP) is 2.12. The highest BCUT2D eigenvalue weighted by atomic mass is 32.2. The number of rotatable bonds is 2. The molecule has 1 saturated heterocycles. The van der Waals surface area contributed by atoms with Gasteiger partial charge in [0.1, 0.15) is 6.04 Å². The molecule has 0 bridgehead atoms. The molecule has 5 heteroatoms. The van der Waals surface area contributed by atoms with E-state index in [0.717, 1.165) is 0 Å². The zero-order valence-corrected chi connectivity index (χ0v) is 12.9. The van der Waals surface area contributed by atoms with Crippen molar-refractivity contribution < 1.29 is 9.59 Å². The third-order valence-electron chi connectivity index (χ3n) is 2.96. The Hall–Kier alpha value is -1.49. The standard InChI is InChI=1S/C15H20N2O2S/c1-15(2,3)16-13(18)12-9-20-10-17(12)14(19)11-7-5-4-6-8-11/h4-8,12H,9-10H2,1-3H3,(H,16,18). The number of nitrogens with one attached hydrogen (secondary N) is 1. The van der Waals surface area contributed by atoms with Gasteiger partial charge in [-0.3, -0.25) is 9.59 Å². The summed E-state index contributed by atoms with van der Waals surface area (Å²) < 4.78 is 0. The maximum atomic E-state index is 12.5. The monoisotopic (exact) mass is 292 g/mol. The summed E-state index contributed by atoms with van der Waals surface area (Å²) in [6, 6.07) is 8.72. The van der Waals surface area contributed by atoms with E-state index in [1.807, 2.05) is 39.0 Å². The van der Waals surface area contributed by atoms with Crippen molar-refractivity contribution in [3.63, 3.8) is 0 Å². The third kappa shape index (κ3) is 3.54. The molecule has 1 aromatic rings. The van der Waals surface area contributed by atoms with Crippen LogP contribution in [-0.4, -0.2) is 39.9 Å². The second-order valence-corrected chi connectivity index (χ2v) is 6.90. The molecule has 1 aromatic carbocycles. The number of hydrogen-bond donors (Lipinski definition) is 1. The van der Waals surface area contributed by atoms with E-state index in [2.05, 4.69) is 5.32 Å². The second-order valence-electron chi connectivity index (χ2n) is 5.90. The van der Waals surface area contributed by atoms with E-state index in [0.29, 0.717) is 17.2 Å². The summed E-state index contributed by atoms with van der Waals surface area (Å²) in [5.74, 6) is 1.06. The molecule has 0 spiro atoms. The zero-order valence-electron chi connectivity index (χ0n) is 12.1. The zero-order chi connectivity index (χ0) is 14.8. The van der Waals surface area contributed by atoms with Crippen LogP contribution in [0.25, 0.3) is 0 Å². The van der Waals surface area contributed by atoms with Crippen LogP contribution in [0.3, 0.4) is 0 Å².